The first-order valence-electron chi connectivity index (χ1n) is 12.8. The maximum absolute atomic E-state index is 4.99. The van der Waals surface area contributed by atoms with Gasteiger partial charge in [-0.25, -0.2) is 9.97 Å². The quantitative estimate of drug-likeness (QED) is 0.245. The van der Waals surface area contributed by atoms with Crippen molar-refractivity contribution in [3.05, 3.63) is 146 Å². The van der Waals surface area contributed by atoms with Gasteiger partial charge in [-0.3, -0.25) is 0 Å². The van der Waals surface area contributed by atoms with Crippen molar-refractivity contribution in [2.75, 3.05) is 0 Å². The molecule has 8 bridgehead atoms. The SMILES string of the molecule is C=CC1=C(C=C)c2cc3[nH]c(cc4[nH]c(cc5nc(cc1n2)C(C=C)=C5C=C)c(C=C)c4C=C)c(C=C)c3C=C.[Pt+2]. The van der Waals surface area contributed by atoms with Gasteiger partial charge >= 0.3 is 21.1 Å². The molecule has 4 nitrogen and oxygen atoms in total. The fourth-order valence-corrected chi connectivity index (χ4v) is 5.37. The predicted molar refractivity (Wildman–Crippen MR) is 176 cm³/mol. The van der Waals surface area contributed by atoms with Gasteiger partial charge in [0.25, 0.3) is 0 Å². The standard InChI is InChI=1S/C36H30N4.Pt/c1-9-21-22(10-2)30-18-32-25(13-5)26(14-6)34(39-32)20-36-28(16-8)27(15-7)35(40-36)19-33-24(12-4)23(11-3)31(38-33)17-29(21)37-30;/h9-20,37-38H,1-8H2;/q;+2. The van der Waals surface area contributed by atoms with Gasteiger partial charge < -0.3 is 9.97 Å². The van der Waals surface area contributed by atoms with Crippen molar-refractivity contribution < 1.29 is 21.1 Å². The fourth-order valence-electron chi connectivity index (χ4n) is 5.37. The summed E-state index contributed by atoms with van der Waals surface area (Å²) in [7, 11) is 0. The number of nitrogens with zero attached hydrogens (tertiary/aromatic N) is 2. The number of H-pyrrole nitrogens is 2. The number of hydrogen-bond acceptors (Lipinski definition) is 2. The Morgan fingerprint density at radius 2 is 0.659 bits per heavy atom. The first-order valence-corrected chi connectivity index (χ1v) is 12.8. The van der Waals surface area contributed by atoms with Crippen molar-refractivity contribution in [1.82, 2.24) is 19.9 Å². The summed E-state index contributed by atoms with van der Waals surface area (Å²) in [5.41, 5.74) is 13.6. The van der Waals surface area contributed by atoms with Crippen LogP contribution in [0.25, 0.3) is 68.7 Å². The monoisotopic (exact) mass is 713 g/mol. The van der Waals surface area contributed by atoms with E-state index in [2.05, 4.69) is 62.6 Å². The van der Waals surface area contributed by atoms with Gasteiger partial charge in [0.2, 0.25) is 0 Å². The molecule has 2 aliphatic heterocycles. The summed E-state index contributed by atoms with van der Waals surface area (Å²) in [5, 5.41) is 0. The minimum absolute atomic E-state index is 0. The summed E-state index contributed by atoms with van der Waals surface area (Å²) in [5.74, 6) is 0. The van der Waals surface area contributed by atoms with Crippen molar-refractivity contribution in [2.45, 2.75) is 0 Å². The van der Waals surface area contributed by atoms with E-state index in [1.807, 2.05) is 48.6 Å². The molecule has 202 valence electrons. The zero-order valence-electron chi connectivity index (χ0n) is 22.8. The topological polar surface area (TPSA) is 57.4 Å². The Morgan fingerprint density at radius 3 is 0.927 bits per heavy atom. The second-order valence-electron chi connectivity index (χ2n) is 9.19. The zero-order chi connectivity index (χ0) is 28.6. The smallest absolute Gasteiger partial charge is 0.354 e. The Hall–Kier alpha value is -4.79. The van der Waals surface area contributed by atoms with Crippen LogP contribution in [0, 0.1) is 0 Å². The van der Waals surface area contributed by atoms with Crippen LogP contribution in [-0.4, -0.2) is 19.9 Å². The van der Waals surface area contributed by atoms with Crippen LogP contribution in [0.2, 0.25) is 0 Å². The molecule has 3 aromatic rings. The second kappa shape index (κ2) is 11.8. The molecular weight excluding hydrogens is 684 g/mol. The van der Waals surface area contributed by atoms with Gasteiger partial charge in [-0.1, -0.05) is 101 Å². The molecular formula is C36H30N4Pt+2. The van der Waals surface area contributed by atoms with E-state index in [-0.39, 0.29) is 21.1 Å². The molecule has 0 aromatic carbocycles. The first kappa shape index (κ1) is 29.2. The summed E-state index contributed by atoms with van der Waals surface area (Å²) >= 11 is 0. The van der Waals surface area contributed by atoms with Crippen LogP contribution in [0.3, 0.4) is 0 Å². The molecule has 0 radical (unpaired) electrons. The summed E-state index contributed by atoms with van der Waals surface area (Å²) < 4.78 is 0. The molecule has 0 spiro atoms. The van der Waals surface area contributed by atoms with Crippen LogP contribution in [0.15, 0.2) is 101 Å². The number of allylic oxidation sites excluding steroid dienone is 8. The van der Waals surface area contributed by atoms with Crippen LogP contribution in [-0.2, 0) is 21.1 Å². The number of aromatic nitrogens is 4. The summed E-state index contributed by atoms with van der Waals surface area (Å²) in [6.45, 7) is 32.5. The Morgan fingerprint density at radius 1 is 0.390 bits per heavy atom. The fraction of sp³-hybridized carbons (Fsp3) is 0. The van der Waals surface area contributed by atoms with Crippen molar-refractivity contribution in [2.24, 2.45) is 0 Å². The van der Waals surface area contributed by atoms with Crippen LogP contribution in [0.1, 0.15) is 45.0 Å². The molecule has 0 saturated heterocycles. The number of hydrogen-bond donors (Lipinski definition) is 2. The van der Waals surface area contributed by atoms with Crippen molar-refractivity contribution >= 4 is 68.7 Å². The molecule has 0 atom stereocenters. The molecule has 0 unspecified atom stereocenters. The van der Waals surface area contributed by atoms with E-state index < -0.39 is 0 Å². The molecule has 5 heteroatoms. The minimum atomic E-state index is 0. The van der Waals surface area contributed by atoms with E-state index in [0.717, 1.165) is 89.4 Å². The average molecular weight is 714 g/mol. The van der Waals surface area contributed by atoms with Gasteiger partial charge in [0, 0.05) is 66.6 Å². The Kier molecular flexibility index (Phi) is 8.37. The van der Waals surface area contributed by atoms with E-state index in [9.17, 15) is 0 Å². The molecule has 5 rings (SSSR count). The molecule has 0 fully saturated rings. The third kappa shape index (κ3) is 4.67. The zero-order valence-corrected chi connectivity index (χ0v) is 25.1. The van der Waals surface area contributed by atoms with Crippen LogP contribution in [0.5, 0.6) is 0 Å². The van der Waals surface area contributed by atoms with Gasteiger partial charge in [0.05, 0.1) is 22.8 Å². The molecule has 3 aromatic heterocycles. The van der Waals surface area contributed by atoms with E-state index in [0.29, 0.717) is 0 Å². The molecule has 41 heavy (non-hydrogen) atoms. The molecule has 5 heterocycles. The second-order valence-corrected chi connectivity index (χ2v) is 9.19. The normalized spacial score (nSPS) is 12.3. The van der Waals surface area contributed by atoms with Crippen molar-refractivity contribution in [3.8, 4) is 0 Å². The van der Waals surface area contributed by atoms with Crippen LogP contribution >= 0.6 is 0 Å². The first-order chi connectivity index (χ1) is 19.5. The van der Waals surface area contributed by atoms with Crippen LogP contribution in [0.4, 0.5) is 0 Å². The van der Waals surface area contributed by atoms with Gasteiger partial charge in [0.15, 0.2) is 0 Å². The molecule has 0 saturated carbocycles. The number of fused-ring (bicyclic) bond motifs is 8. The van der Waals surface area contributed by atoms with Gasteiger partial charge in [-0.05, 0) is 24.3 Å². The van der Waals surface area contributed by atoms with Gasteiger partial charge in [-0.15, -0.1) is 0 Å². The summed E-state index contributed by atoms with van der Waals surface area (Å²) in [4.78, 5) is 17.1. The minimum Gasteiger partial charge on any atom is -0.354 e. The maximum atomic E-state index is 4.99. The summed E-state index contributed by atoms with van der Waals surface area (Å²) in [6.07, 6.45) is 14.5. The van der Waals surface area contributed by atoms with Crippen molar-refractivity contribution in [1.29, 1.82) is 0 Å². The van der Waals surface area contributed by atoms with E-state index >= 15 is 0 Å². The van der Waals surface area contributed by atoms with Crippen molar-refractivity contribution in [3.63, 3.8) is 0 Å². The number of nitrogens with one attached hydrogen (secondary N) is 2. The molecule has 0 amide bonds. The summed E-state index contributed by atoms with van der Waals surface area (Å²) in [6, 6.07) is 8.00. The average Bonchev–Trinajstić information content (AvgIpc) is 3.67. The molecule has 0 aliphatic carbocycles. The van der Waals surface area contributed by atoms with Crippen LogP contribution < -0.4 is 0 Å². The molecule has 2 aliphatic rings. The molecule has 2 N–H and O–H groups in total. The number of rotatable bonds is 8. The van der Waals surface area contributed by atoms with E-state index in [4.69, 9.17) is 9.97 Å². The number of aromatic amines is 2. The Labute approximate surface area is 255 Å². The third-order valence-corrected chi connectivity index (χ3v) is 7.20. The third-order valence-electron chi connectivity index (χ3n) is 7.20. The maximum Gasteiger partial charge on any atom is 2.00 e. The predicted octanol–water partition coefficient (Wildman–Crippen LogP) is 9.45. The van der Waals surface area contributed by atoms with E-state index in [1.54, 1.807) is 24.3 Å². The Balaban J connectivity index is 0.00000387. The Bertz CT molecular complexity index is 1800. The van der Waals surface area contributed by atoms with E-state index in [1.165, 1.54) is 0 Å². The van der Waals surface area contributed by atoms with Gasteiger partial charge in [0.1, 0.15) is 0 Å². The van der Waals surface area contributed by atoms with Gasteiger partial charge in [-0.2, -0.15) is 0 Å². The largest absolute Gasteiger partial charge is 2.00 e.